The predicted octanol–water partition coefficient (Wildman–Crippen LogP) is -1.23. The zero-order valence-electron chi connectivity index (χ0n) is 12.5. The highest BCUT2D eigenvalue weighted by molar-refractivity contribution is 7.89. The number of hydrogen-bond acceptors (Lipinski definition) is 5. The fraction of sp³-hybridized carbons (Fsp3) is 0.667. The molecule has 0 radical (unpaired) electrons. The lowest BCUT2D eigenvalue weighted by atomic mass is 10.1. The van der Waals surface area contributed by atoms with E-state index in [2.05, 4.69) is 4.72 Å². The van der Waals surface area contributed by atoms with Crippen molar-refractivity contribution in [1.29, 1.82) is 0 Å². The first-order valence-electron chi connectivity index (χ1n) is 6.50. The number of nitrogens with zero attached hydrogens (tertiary/aromatic N) is 2. The van der Waals surface area contributed by atoms with Crippen LogP contribution in [0.5, 0.6) is 0 Å². The molecule has 0 aliphatic heterocycles. The Kier molecular flexibility index (Phi) is 5.48. The average Bonchev–Trinajstić information content (AvgIpc) is 2.37. The molecule has 0 saturated carbocycles. The van der Waals surface area contributed by atoms with E-state index in [1.807, 2.05) is 13.8 Å². The van der Waals surface area contributed by atoms with Crippen molar-refractivity contribution in [3.63, 3.8) is 0 Å². The van der Waals surface area contributed by atoms with E-state index in [0.29, 0.717) is 6.42 Å². The van der Waals surface area contributed by atoms with E-state index < -0.39 is 32.3 Å². The highest BCUT2D eigenvalue weighted by Gasteiger charge is 2.22. The molecule has 2 N–H and O–H groups in total. The number of aliphatic hydroxyl groups excluding tert-OH is 1. The number of rotatable bonds is 6. The summed E-state index contributed by atoms with van der Waals surface area (Å²) in [7, 11) is -1.53. The van der Waals surface area contributed by atoms with Crippen LogP contribution in [0.3, 0.4) is 0 Å². The lowest BCUT2D eigenvalue weighted by molar-refractivity contribution is 0.152. The minimum absolute atomic E-state index is 0.188. The summed E-state index contributed by atoms with van der Waals surface area (Å²) in [4.78, 5) is 22.9. The maximum Gasteiger partial charge on any atom is 0.330 e. The third-order valence-electron chi connectivity index (χ3n) is 2.96. The molecule has 8 nitrogen and oxygen atoms in total. The van der Waals surface area contributed by atoms with Gasteiger partial charge in [-0.1, -0.05) is 13.8 Å². The van der Waals surface area contributed by atoms with E-state index in [0.717, 1.165) is 15.3 Å². The number of aromatic nitrogens is 2. The molecule has 0 spiro atoms. The van der Waals surface area contributed by atoms with Crippen LogP contribution in [0.25, 0.3) is 0 Å². The molecule has 0 saturated heterocycles. The molecule has 1 aromatic rings. The number of aryl methyl sites for hydroxylation is 1. The molecule has 1 unspecified atom stereocenters. The lowest BCUT2D eigenvalue weighted by Crippen LogP contribution is -2.42. The topological polar surface area (TPSA) is 110 Å². The summed E-state index contributed by atoms with van der Waals surface area (Å²) in [5, 5.41) is 9.69. The van der Waals surface area contributed by atoms with Gasteiger partial charge >= 0.3 is 5.69 Å². The molecule has 0 amide bonds. The Morgan fingerprint density at radius 1 is 1.29 bits per heavy atom. The monoisotopic (exact) mass is 319 g/mol. The van der Waals surface area contributed by atoms with Crippen LogP contribution in [0.15, 0.2) is 20.7 Å². The summed E-state index contributed by atoms with van der Waals surface area (Å²) in [5.74, 6) is 0.218. The van der Waals surface area contributed by atoms with Crippen LogP contribution in [0.2, 0.25) is 0 Å². The Morgan fingerprint density at radius 3 is 2.38 bits per heavy atom. The van der Waals surface area contributed by atoms with Crippen molar-refractivity contribution < 1.29 is 13.5 Å². The Labute approximate surface area is 123 Å². The van der Waals surface area contributed by atoms with Crippen LogP contribution in [0.1, 0.15) is 20.3 Å². The zero-order valence-corrected chi connectivity index (χ0v) is 13.3. The van der Waals surface area contributed by atoms with Gasteiger partial charge in [-0.2, -0.15) is 0 Å². The fourth-order valence-electron chi connectivity index (χ4n) is 1.87. The number of aliphatic hydroxyl groups is 1. The van der Waals surface area contributed by atoms with E-state index in [1.165, 1.54) is 14.1 Å². The Bertz CT molecular complexity index is 717. The molecule has 9 heteroatoms. The minimum Gasteiger partial charge on any atom is -0.392 e. The number of sulfonamides is 1. The van der Waals surface area contributed by atoms with Crippen molar-refractivity contribution in [2.45, 2.75) is 31.3 Å². The number of hydrogen-bond donors (Lipinski definition) is 2. The van der Waals surface area contributed by atoms with E-state index in [1.54, 1.807) is 0 Å². The summed E-state index contributed by atoms with van der Waals surface area (Å²) < 4.78 is 28.1. The molecule has 1 atom stereocenters. The van der Waals surface area contributed by atoms with E-state index in [4.69, 9.17) is 0 Å². The smallest absolute Gasteiger partial charge is 0.330 e. The highest BCUT2D eigenvalue weighted by Crippen LogP contribution is 2.05. The van der Waals surface area contributed by atoms with Gasteiger partial charge in [0, 0.05) is 26.8 Å². The summed E-state index contributed by atoms with van der Waals surface area (Å²) in [5.41, 5.74) is -1.51. The van der Waals surface area contributed by atoms with Crippen molar-refractivity contribution in [3.8, 4) is 0 Å². The molecule has 0 bridgehead atoms. The molecule has 21 heavy (non-hydrogen) atoms. The maximum atomic E-state index is 12.1. The molecule has 0 fully saturated rings. The number of nitrogens with one attached hydrogen (secondary N) is 1. The molecular formula is C12H21N3O5S. The van der Waals surface area contributed by atoms with Crippen LogP contribution < -0.4 is 16.0 Å². The summed E-state index contributed by atoms with van der Waals surface area (Å²) in [6.45, 7) is 3.62. The maximum absolute atomic E-state index is 12.1. The zero-order chi connectivity index (χ0) is 16.4. The molecule has 0 aliphatic carbocycles. The fourth-order valence-corrected chi connectivity index (χ4v) is 3.10. The second-order valence-electron chi connectivity index (χ2n) is 5.39. The van der Waals surface area contributed by atoms with Gasteiger partial charge in [0.2, 0.25) is 10.0 Å². The average molecular weight is 319 g/mol. The highest BCUT2D eigenvalue weighted by atomic mass is 32.2. The predicted molar refractivity (Wildman–Crippen MR) is 77.6 cm³/mol. The van der Waals surface area contributed by atoms with E-state index in [9.17, 15) is 23.1 Å². The Balaban J connectivity index is 3.05. The molecule has 1 aromatic heterocycles. The van der Waals surface area contributed by atoms with E-state index >= 15 is 0 Å². The third kappa shape index (κ3) is 4.26. The summed E-state index contributed by atoms with van der Waals surface area (Å²) in [6.07, 6.45) is 0.575. The lowest BCUT2D eigenvalue weighted by Gasteiger charge is -2.14. The van der Waals surface area contributed by atoms with Crippen molar-refractivity contribution >= 4 is 10.0 Å². The van der Waals surface area contributed by atoms with Gasteiger partial charge in [-0.3, -0.25) is 9.36 Å². The molecule has 0 aromatic carbocycles. The summed E-state index contributed by atoms with van der Waals surface area (Å²) in [6, 6.07) is 0. The molecular weight excluding hydrogens is 298 g/mol. The molecule has 1 heterocycles. The van der Waals surface area contributed by atoms with Gasteiger partial charge in [0.05, 0.1) is 6.10 Å². The first-order chi connectivity index (χ1) is 9.56. The first-order valence-corrected chi connectivity index (χ1v) is 7.99. The standard InChI is InChI=1S/C12H21N3O5S/c1-8(2)5-9(16)6-13-21(19,20)10-7-14(3)12(18)15(4)11(10)17/h7-9,13,16H,5-6H2,1-4H3. The van der Waals surface area contributed by atoms with Crippen LogP contribution >= 0.6 is 0 Å². The van der Waals surface area contributed by atoms with Crippen molar-refractivity contribution in [1.82, 2.24) is 13.9 Å². The van der Waals surface area contributed by atoms with Gasteiger partial charge in [0.1, 0.15) is 0 Å². The van der Waals surface area contributed by atoms with Crippen LogP contribution in [-0.4, -0.2) is 35.3 Å². The van der Waals surface area contributed by atoms with Gasteiger partial charge < -0.3 is 9.67 Å². The van der Waals surface area contributed by atoms with Gasteiger partial charge in [0.15, 0.2) is 4.90 Å². The van der Waals surface area contributed by atoms with Crippen LogP contribution in [-0.2, 0) is 24.1 Å². The van der Waals surface area contributed by atoms with Crippen molar-refractivity contribution in [2.24, 2.45) is 20.0 Å². The first kappa shape index (κ1) is 17.6. The van der Waals surface area contributed by atoms with Crippen LogP contribution in [0.4, 0.5) is 0 Å². The minimum atomic E-state index is -4.09. The quantitative estimate of drug-likeness (QED) is 0.682. The summed E-state index contributed by atoms with van der Waals surface area (Å²) >= 11 is 0. The van der Waals surface area contributed by atoms with Gasteiger partial charge in [-0.15, -0.1) is 0 Å². The van der Waals surface area contributed by atoms with Gasteiger partial charge in [-0.25, -0.2) is 17.9 Å². The normalized spacial score (nSPS) is 13.6. The molecule has 120 valence electrons. The second-order valence-corrected chi connectivity index (χ2v) is 7.12. The largest absolute Gasteiger partial charge is 0.392 e. The second kappa shape index (κ2) is 6.54. The molecule has 0 aliphatic rings. The Morgan fingerprint density at radius 2 is 1.86 bits per heavy atom. The Hall–Kier alpha value is -1.45. The SMILES string of the molecule is CC(C)CC(O)CNS(=O)(=O)c1cn(C)c(=O)n(C)c1=O. The molecule has 1 rings (SSSR count). The van der Waals surface area contributed by atoms with Crippen molar-refractivity contribution in [2.75, 3.05) is 6.54 Å². The third-order valence-corrected chi connectivity index (χ3v) is 4.36. The van der Waals surface area contributed by atoms with Gasteiger partial charge in [0.25, 0.3) is 5.56 Å². The van der Waals surface area contributed by atoms with Crippen molar-refractivity contribution in [3.05, 3.63) is 27.0 Å². The van der Waals surface area contributed by atoms with Gasteiger partial charge in [-0.05, 0) is 12.3 Å². The van der Waals surface area contributed by atoms with Crippen LogP contribution in [0, 0.1) is 5.92 Å². The van der Waals surface area contributed by atoms with E-state index in [-0.39, 0.29) is 12.5 Å².